The zero-order valence-electron chi connectivity index (χ0n) is 16.0. The monoisotopic (exact) mass is 443 g/mol. The Morgan fingerprint density at radius 2 is 1.63 bits per heavy atom. The van der Waals surface area contributed by atoms with Crippen molar-refractivity contribution < 1.29 is 14.3 Å². The number of benzene rings is 3. The number of carbonyl (C=O) groups excluding carboxylic acids is 2. The van der Waals surface area contributed by atoms with Crippen LogP contribution in [0.4, 0.5) is 16.2 Å². The minimum absolute atomic E-state index is 0.186. The number of para-hydroxylation sites is 1. The first-order chi connectivity index (χ1) is 14.5. The minimum Gasteiger partial charge on any atom is -0.488 e. The lowest BCUT2D eigenvalue weighted by Gasteiger charge is -2.13. The summed E-state index contributed by atoms with van der Waals surface area (Å²) in [5, 5.41) is 8.97. The summed E-state index contributed by atoms with van der Waals surface area (Å²) in [4.78, 5) is 24.3. The van der Waals surface area contributed by atoms with Crippen LogP contribution >= 0.6 is 23.2 Å². The molecule has 6 nitrogen and oxygen atoms in total. The van der Waals surface area contributed by atoms with Crippen LogP contribution < -0.4 is 20.7 Å². The second-order valence-corrected chi connectivity index (χ2v) is 7.10. The second-order valence-electron chi connectivity index (χ2n) is 6.26. The number of nitrogens with one attached hydrogen (secondary N) is 3. The van der Waals surface area contributed by atoms with E-state index in [1.807, 2.05) is 0 Å². The molecule has 0 bridgehead atoms. The van der Waals surface area contributed by atoms with Crippen LogP contribution in [-0.4, -0.2) is 19.0 Å². The maximum absolute atomic E-state index is 12.8. The van der Waals surface area contributed by atoms with Crippen molar-refractivity contribution in [3.8, 4) is 5.75 Å². The number of amides is 3. The molecule has 0 saturated heterocycles. The largest absolute Gasteiger partial charge is 0.488 e. The fraction of sp³-hybridized carbons (Fsp3) is 0.0909. The number of halogens is 2. The average molecular weight is 444 g/mol. The van der Waals surface area contributed by atoms with Gasteiger partial charge in [0.25, 0.3) is 5.91 Å². The lowest BCUT2D eigenvalue weighted by Crippen LogP contribution is -2.24. The number of carbonyl (C=O) groups is 2. The Labute approximate surface area is 184 Å². The Morgan fingerprint density at radius 1 is 0.900 bits per heavy atom. The second kappa shape index (κ2) is 10.0. The summed E-state index contributed by atoms with van der Waals surface area (Å²) in [7, 11) is 1.52. The van der Waals surface area contributed by atoms with Crippen molar-refractivity contribution in [1.29, 1.82) is 0 Å². The molecule has 3 rings (SSSR count). The number of rotatable bonds is 6. The van der Waals surface area contributed by atoms with Gasteiger partial charge in [-0.25, -0.2) is 4.79 Å². The maximum Gasteiger partial charge on any atom is 0.318 e. The van der Waals surface area contributed by atoms with Gasteiger partial charge >= 0.3 is 6.03 Å². The number of hydrogen-bond acceptors (Lipinski definition) is 3. The molecule has 0 aliphatic carbocycles. The smallest absolute Gasteiger partial charge is 0.318 e. The van der Waals surface area contributed by atoms with E-state index in [2.05, 4.69) is 16.0 Å². The van der Waals surface area contributed by atoms with Gasteiger partial charge < -0.3 is 20.7 Å². The summed E-state index contributed by atoms with van der Waals surface area (Å²) >= 11 is 12.1. The van der Waals surface area contributed by atoms with Crippen LogP contribution in [0.5, 0.6) is 5.75 Å². The van der Waals surface area contributed by atoms with Crippen LogP contribution in [0.2, 0.25) is 10.0 Å². The van der Waals surface area contributed by atoms with Gasteiger partial charge in [-0.3, -0.25) is 4.79 Å². The lowest BCUT2D eigenvalue weighted by atomic mass is 10.1. The van der Waals surface area contributed by atoms with Crippen LogP contribution in [0, 0.1) is 0 Å². The molecular formula is C22H19Cl2N3O3. The highest BCUT2D eigenvalue weighted by Crippen LogP contribution is 2.25. The molecule has 0 fully saturated rings. The molecule has 3 aromatic carbocycles. The number of anilines is 2. The summed E-state index contributed by atoms with van der Waals surface area (Å²) in [6.45, 7) is 0.186. The molecule has 0 spiro atoms. The first kappa shape index (κ1) is 21.5. The Morgan fingerprint density at radius 3 is 2.37 bits per heavy atom. The summed E-state index contributed by atoms with van der Waals surface area (Å²) in [5.74, 6) is 0.0746. The van der Waals surface area contributed by atoms with Crippen LogP contribution in [0.3, 0.4) is 0 Å². The molecule has 0 heterocycles. The van der Waals surface area contributed by atoms with E-state index >= 15 is 0 Å². The quantitative estimate of drug-likeness (QED) is 0.465. The standard InChI is InChI=1S/C22H19Cl2N3O3/c1-25-22(29)27-17-6-4-5-16(12-17)26-21(28)18-7-2-3-8-20(18)30-13-14-9-10-15(23)11-19(14)24/h2-12H,13H2,1H3,(H,26,28)(H2,25,27,29). The molecule has 0 atom stereocenters. The number of urea groups is 1. The van der Waals surface area contributed by atoms with E-state index in [1.165, 1.54) is 7.05 Å². The van der Waals surface area contributed by atoms with E-state index in [1.54, 1.807) is 66.7 Å². The Balaban J connectivity index is 1.72. The molecule has 0 unspecified atom stereocenters. The van der Waals surface area contributed by atoms with Crippen LogP contribution in [0.25, 0.3) is 0 Å². The third kappa shape index (κ3) is 5.65. The Hall–Kier alpha value is -3.22. The van der Waals surface area contributed by atoms with Gasteiger partial charge in [0.15, 0.2) is 0 Å². The van der Waals surface area contributed by atoms with Gasteiger partial charge in [0.2, 0.25) is 0 Å². The normalized spacial score (nSPS) is 10.2. The van der Waals surface area contributed by atoms with Crippen molar-refractivity contribution in [2.75, 3.05) is 17.7 Å². The highest BCUT2D eigenvalue weighted by Gasteiger charge is 2.14. The lowest BCUT2D eigenvalue weighted by molar-refractivity contribution is 0.102. The van der Waals surface area contributed by atoms with Gasteiger partial charge in [0.05, 0.1) is 5.56 Å². The summed E-state index contributed by atoms with van der Waals surface area (Å²) in [6.07, 6.45) is 0. The van der Waals surface area contributed by atoms with Crippen LogP contribution in [-0.2, 0) is 6.61 Å². The highest BCUT2D eigenvalue weighted by molar-refractivity contribution is 6.35. The van der Waals surface area contributed by atoms with Gasteiger partial charge in [-0.1, -0.05) is 47.5 Å². The molecule has 30 heavy (non-hydrogen) atoms. The Kier molecular flexibility index (Phi) is 7.17. The van der Waals surface area contributed by atoms with Gasteiger partial charge in [0.1, 0.15) is 12.4 Å². The summed E-state index contributed by atoms with van der Waals surface area (Å²) in [5.41, 5.74) is 2.20. The van der Waals surface area contributed by atoms with Crippen molar-refractivity contribution in [3.63, 3.8) is 0 Å². The molecule has 8 heteroatoms. The van der Waals surface area contributed by atoms with Gasteiger partial charge in [0, 0.05) is 34.0 Å². The topological polar surface area (TPSA) is 79.5 Å². The SMILES string of the molecule is CNC(=O)Nc1cccc(NC(=O)c2ccccc2OCc2ccc(Cl)cc2Cl)c1. The number of ether oxygens (including phenoxy) is 1. The van der Waals surface area contributed by atoms with Crippen molar-refractivity contribution in [2.45, 2.75) is 6.61 Å². The van der Waals surface area contributed by atoms with Gasteiger partial charge in [-0.2, -0.15) is 0 Å². The molecule has 154 valence electrons. The molecule has 0 aliphatic rings. The number of hydrogen-bond donors (Lipinski definition) is 3. The average Bonchev–Trinajstić information content (AvgIpc) is 2.73. The fourth-order valence-corrected chi connectivity index (χ4v) is 3.10. The highest BCUT2D eigenvalue weighted by atomic mass is 35.5. The Bertz CT molecular complexity index is 1070. The van der Waals surface area contributed by atoms with Crippen molar-refractivity contribution >= 4 is 46.5 Å². The summed E-state index contributed by atoms with van der Waals surface area (Å²) in [6, 6.07) is 18.5. The third-order valence-corrected chi connectivity index (χ3v) is 4.72. The van der Waals surface area contributed by atoms with E-state index in [0.717, 1.165) is 5.56 Å². The molecule has 3 aromatic rings. The predicted molar refractivity (Wildman–Crippen MR) is 120 cm³/mol. The minimum atomic E-state index is -0.349. The summed E-state index contributed by atoms with van der Waals surface area (Å²) < 4.78 is 5.84. The maximum atomic E-state index is 12.8. The zero-order valence-corrected chi connectivity index (χ0v) is 17.6. The van der Waals surface area contributed by atoms with Crippen LogP contribution in [0.1, 0.15) is 15.9 Å². The molecule has 3 amide bonds. The first-order valence-corrected chi connectivity index (χ1v) is 9.78. The predicted octanol–water partition coefficient (Wildman–Crippen LogP) is 5.58. The van der Waals surface area contributed by atoms with E-state index in [-0.39, 0.29) is 18.5 Å². The van der Waals surface area contributed by atoms with E-state index in [4.69, 9.17) is 27.9 Å². The molecular weight excluding hydrogens is 425 g/mol. The zero-order chi connectivity index (χ0) is 21.5. The molecule has 3 N–H and O–H groups in total. The van der Waals surface area contributed by atoms with Crippen molar-refractivity contribution in [1.82, 2.24) is 5.32 Å². The van der Waals surface area contributed by atoms with Crippen molar-refractivity contribution in [2.24, 2.45) is 0 Å². The van der Waals surface area contributed by atoms with E-state index in [0.29, 0.717) is 32.7 Å². The molecule has 0 aromatic heterocycles. The van der Waals surface area contributed by atoms with E-state index in [9.17, 15) is 9.59 Å². The molecule has 0 aliphatic heterocycles. The van der Waals surface area contributed by atoms with Crippen molar-refractivity contribution in [3.05, 3.63) is 87.9 Å². The van der Waals surface area contributed by atoms with Gasteiger partial charge in [-0.15, -0.1) is 0 Å². The third-order valence-electron chi connectivity index (χ3n) is 4.14. The fourth-order valence-electron chi connectivity index (χ4n) is 2.64. The first-order valence-electron chi connectivity index (χ1n) is 9.02. The van der Waals surface area contributed by atoms with E-state index < -0.39 is 0 Å². The molecule has 0 saturated carbocycles. The molecule has 0 radical (unpaired) electrons. The van der Waals surface area contributed by atoms with Crippen LogP contribution in [0.15, 0.2) is 66.7 Å². The van der Waals surface area contributed by atoms with Gasteiger partial charge in [-0.05, 0) is 42.5 Å².